The Morgan fingerprint density at radius 2 is 1.95 bits per heavy atom. The van der Waals surface area contributed by atoms with Gasteiger partial charge in [-0.2, -0.15) is 8.78 Å². The molecule has 1 aromatic carbocycles. The summed E-state index contributed by atoms with van der Waals surface area (Å²) in [6.45, 7) is -3.07. The molecule has 0 aliphatic carbocycles. The molecule has 3 rings (SSSR count). The molecule has 20 heavy (non-hydrogen) atoms. The molecule has 2 heterocycles. The number of nitrogens with zero attached hydrogens (tertiary/aromatic N) is 1. The van der Waals surface area contributed by atoms with Crippen molar-refractivity contribution >= 4 is 16.9 Å². The Bertz CT molecular complexity index is 783. The molecule has 0 spiro atoms. The van der Waals surface area contributed by atoms with Crippen LogP contribution in [0.1, 0.15) is 16.9 Å². The number of fused-ring (bicyclic) bond motifs is 2. The van der Waals surface area contributed by atoms with Gasteiger partial charge in [0, 0.05) is 12.3 Å². The number of benzene rings is 1. The highest BCUT2D eigenvalue weighted by molar-refractivity contribution is 5.93. The monoisotopic (exact) mass is 283 g/mol. The molecule has 0 saturated carbocycles. The van der Waals surface area contributed by atoms with Crippen LogP contribution in [0.3, 0.4) is 0 Å². The van der Waals surface area contributed by atoms with Crippen LogP contribution in [-0.2, 0) is 0 Å². The molecule has 6 nitrogen and oxygen atoms in total. The molecule has 1 N–H and O–H groups in total. The van der Waals surface area contributed by atoms with Crippen molar-refractivity contribution in [3.8, 4) is 11.5 Å². The van der Waals surface area contributed by atoms with Gasteiger partial charge in [0.1, 0.15) is 5.56 Å². The Kier molecular flexibility index (Phi) is 2.60. The van der Waals surface area contributed by atoms with E-state index < -0.39 is 23.5 Å². The highest BCUT2D eigenvalue weighted by Crippen LogP contribution is 2.36. The molecule has 0 atom stereocenters. The molecule has 1 aliphatic rings. The summed E-state index contributed by atoms with van der Waals surface area (Å²) in [5.74, 6) is -1.11. The first-order valence-corrected chi connectivity index (χ1v) is 5.49. The van der Waals surface area contributed by atoms with Crippen molar-refractivity contribution in [1.29, 1.82) is 0 Å². The van der Waals surface area contributed by atoms with Crippen LogP contribution in [0.15, 0.2) is 23.1 Å². The molecule has 0 bridgehead atoms. The number of aromatic nitrogens is 1. The van der Waals surface area contributed by atoms with Gasteiger partial charge in [0.25, 0.3) is 0 Å². The van der Waals surface area contributed by atoms with Crippen LogP contribution in [0.4, 0.5) is 8.78 Å². The fourth-order valence-electron chi connectivity index (χ4n) is 2.05. The Morgan fingerprint density at radius 3 is 2.55 bits per heavy atom. The quantitative estimate of drug-likeness (QED) is 0.909. The Labute approximate surface area is 109 Å². The first-order valence-electron chi connectivity index (χ1n) is 5.49. The van der Waals surface area contributed by atoms with E-state index in [4.69, 9.17) is 14.6 Å². The second-order valence-electron chi connectivity index (χ2n) is 4.08. The fraction of sp³-hybridized carbons (Fsp3) is 0.167. The Morgan fingerprint density at radius 1 is 1.30 bits per heavy atom. The van der Waals surface area contributed by atoms with Gasteiger partial charge in [-0.05, 0) is 6.07 Å². The van der Waals surface area contributed by atoms with Crippen LogP contribution in [0.25, 0.3) is 10.9 Å². The smallest absolute Gasteiger partial charge is 0.341 e. The number of rotatable bonds is 2. The molecule has 8 heteroatoms. The van der Waals surface area contributed by atoms with Crippen LogP contribution in [0, 0.1) is 0 Å². The van der Waals surface area contributed by atoms with Crippen molar-refractivity contribution in [3.63, 3.8) is 0 Å². The van der Waals surface area contributed by atoms with Crippen molar-refractivity contribution in [2.75, 3.05) is 6.79 Å². The molecule has 0 unspecified atom stereocenters. The largest absolute Gasteiger partial charge is 0.477 e. The highest BCUT2D eigenvalue weighted by Gasteiger charge is 2.22. The van der Waals surface area contributed by atoms with E-state index in [9.17, 15) is 18.4 Å². The van der Waals surface area contributed by atoms with Crippen LogP contribution in [-0.4, -0.2) is 22.4 Å². The van der Waals surface area contributed by atoms with Crippen LogP contribution in [0.5, 0.6) is 11.5 Å². The fourth-order valence-corrected chi connectivity index (χ4v) is 2.05. The minimum absolute atomic E-state index is 0.0830. The number of carboxylic acid groups (broad SMARTS) is 1. The number of hydrogen-bond donors (Lipinski definition) is 1. The van der Waals surface area contributed by atoms with Crippen molar-refractivity contribution in [2.24, 2.45) is 0 Å². The third-order valence-corrected chi connectivity index (χ3v) is 2.97. The van der Waals surface area contributed by atoms with Gasteiger partial charge in [-0.15, -0.1) is 0 Å². The van der Waals surface area contributed by atoms with Gasteiger partial charge in [-0.25, -0.2) is 4.79 Å². The van der Waals surface area contributed by atoms with E-state index in [1.165, 1.54) is 12.1 Å². The third-order valence-electron chi connectivity index (χ3n) is 2.97. The lowest BCUT2D eigenvalue weighted by molar-refractivity contribution is 0.0674. The summed E-state index contributed by atoms with van der Waals surface area (Å²) in [7, 11) is 0. The maximum absolute atomic E-state index is 13.0. The molecule has 0 saturated heterocycles. The molecule has 0 radical (unpaired) electrons. The number of ether oxygens (including phenoxy) is 2. The molecule has 1 aliphatic heterocycles. The number of pyridine rings is 1. The number of hydrogen-bond acceptors (Lipinski definition) is 4. The summed E-state index contributed by atoms with van der Waals surface area (Å²) >= 11 is 0. The maximum atomic E-state index is 13.0. The van der Waals surface area contributed by atoms with Gasteiger partial charge >= 0.3 is 12.5 Å². The standard InChI is InChI=1S/C12H7F2NO5/c13-12(14)15-3-6(11(17)18)10(16)5-1-8-9(2-7(5)15)20-4-19-8/h1-3,12H,4H2,(H,17,18). The molecule has 0 amide bonds. The molecular weight excluding hydrogens is 276 g/mol. The van der Waals surface area contributed by atoms with E-state index >= 15 is 0 Å². The van der Waals surface area contributed by atoms with Gasteiger partial charge < -0.3 is 14.6 Å². The van der Waals surface area contributed by atoms with Crippen LogP contribution < -0.4 is 14.9 Å². The summed E-state index contributed by atoms with van der Waals surface area (Å²) in [6, 6.07) is 2.45. The number of carboxylic acids is 1. The predicted octanol–water partition coefficient (Wildman–Crippen LogP) is 1.82. The van der Waals surface area contributed by atoms with Crippen molar-refractivity contribution in [1.82, 2.24) is 4.57 Å². The van der Waals surface area contributed by atoms with E-state index in [0.29, 0.717) is 10.8 Å². The third kappa shape index (κ3) is 1.68. The average Bonchev–Trinajstić information content (AvgIpc) is 2.83. The molecule has 2 aromatic rings. The second kappa shape index (κ2) is 4.19. The van der Waals surface area contributed by atoms with E-state index in [-0.39, 0.29) is 29.2 Å². The van der Waals surface area contributed by atoms with Crippen molar-refractivity contribution in [3.05, 3.63) is 34.1 Å². The minimum Gasteiger partial charge on any atom is -0.477 e. The van der Waals surface area contributed by atoms with Crippen LogP contribution in [0.2, 0.25) is 0 Å². The SMILES string of the molecule is O=C(O)c1cn(C(F)F)c2cc3c(cc2c1=O)OCO3. The van der Waals surface area contributed by atoms with Gasteiger partial charge in [0.2, 0.25) is 12.2 Å². The lowest BCUT2D eigenvalue weighted by Gasteiger charge is -2.11. The normalized spacial score (nSPS) is 13.2. The first kappa shape index (κ1) is 12.4. The van der Waals surface area contributed by atoms with E-state index in [1.54, 1.807) is 0 Å². The lowest BCUT2D eigenvalue weighted by Crippen LogP contribution is -2.19. The summed E-state index contributed by atoms with van der Waals surface area (Å²) in [5.41, 5.74) is -1.68. The zero-order valence-corrected chi connectivity index (χ0v) is 9.80. The van der Waals surface area contributed by atoms with E-state index in [0.717, 1.165) is 0 Å². The number of aromatic carboxylic acids is 1. The number of alkyl halides is 2. The van der Waals surface area contributed by atoms with Crippen molar-refractivity contribution < 1.29 is 28.2 Å². The molecule has 1 aromatic heterocycles. The topological polar surface area (TPSA) is 77.8 Å². The zero-order valence-electron chi connectivity index (χ0n) is 9.80. The maximum Gasteiger partial charge on any atom is 0.341 e. The second-order valence-corrected chi connectivity index (χ2v) is 4.08. The van der Waals surface area contributed by atoms with Gasteiger partial charge in [0.05, 0.1) is 10.9 Å². The van der Waals surface area contributed by atoms with E-state index in [1.807, 2.05) is 0 Å². The summed E-state index contributed by atoms with van der Waals surface area (Å²) in [6.07, 6.45) is 0.625. The number of halogens is 2. The van der Waals surface area contributed by atoms with Gasteiger partial charge in [-0.3, -0.25) is 9.36 Å². The summed E-state index contributed by atoms with van der Waals surface area (Å²) < 4.78 is 36.6. The highest BCUT2D eigenvalue weighted by atomic mass is 19.3. The van der Waals surface area contributed by atoms with Gasteiger partial charge in [-0.1, -0.05) is 0 Å². The molecular formula is C12H7F2NO5. The van der Waals surface area contributed by atoms with Crippen molar-refractivity contribution in [2.45, 2.75) is 6.55 Å². The summed E-state index contributed by atoms with van der Waals surface area (Å²) in [5, 5.41) is 8.75. The summed E-state index contributed by atoms with van der Waals surface area (Å²) in [4.78, 5) is 23.0. The lowest BCUT2D eigenvalue weighted by atomic mass is 10.1. The Balaban J connectivity index is 2.44. The average molecular weight is 283 g/mol. The minimum atomic E-state index is -2.99. The van der Waals surface area contributed by atoms with Crippen LogP contribution >= 0.6 is 0 Å². The Hall–Kier alpha value is -2.64. The number of carbonyl (C=O) groups is 1. The predicted molar refractivity (Wildman–Crippen MR) is 62.5 cm³/mol. The molecule has 0 fully saturated rings. The zero-order chi connectivity index (χ0) is 14.4. The molecule has 104 valence electrons. The first-order chi connectivity index (χ1) is 9.49. The van der Waals surface area contributed by atoms with E-state index in [2.05, 4.69) is 0 Å². The van der Waals surface area contributed by atoms with Gasteiger partial charge in [0.15, 0.2) is 11.5 Å².